The van der Waals surface area contributed by atoms with Gasteiger partial charge in [-0.25, -0.2) is 9.48 Å². The van der Waals surface area contributed by atoms with Gasteiger partial charge in [-0.3, -0.25) is 4.79 Å². The van der Waals surface area contributed by atoms with Crippen molar-refractivity contribution < 1.29 is 14.3 Å². The lowest BCUT2D eigenvalue weighted by Gasteiger charge is -2.31. The van der Waals surface area contributed by atoms with Crippen molar-refractivity contribution >= 4 is 11.8 Å². The summed E-state index contributed by atoms with van der Waals surface area (Å²) in [7, 11) is 1.61. The molecule has 1 aliphatic rings. The van der Waals surface area contributed by atoms with E-state index in [1.165, 1.54) is 0 Å². The van der Waals surface area contributed by atoms with Crippen LogP contribution in [0.2, 0.25) is 0 Å². The molecule has 3 aromatic rings. The van der Waals surface area contributed by atoms with Gasteiger partial charge in [0.25, 0.3) is 0 Å². The van der Waals surface area contributed by atoms with E-state index in [0.29, 0.717) is 38.0 Å². The van der Waals surface area contributed by atoms with Gasteiger partial charge in [-0.05, 0) is 67.3 Å². The van der Waals surface area contributed by atoms with E-state index in [0.717, 1.165) is 23.4 Å². The molecule has 32 heavy (non-hydrogen) atoms. The largest absolute Gasteiger partial charge is 0.497 e. The van der Waals surface area contributed by atoms with E-state index < -0.39 is 0 Å². The van der Waals surface area contributed by atoms with Crippen molar-refractivity contribution in [1.82, 2.24) is 20.0 Å². The van der Waals surface area contributed by atoms with Crippen LogP contribution in [0.4, 0.5) is 4.79 Å². The van der Waals surface area contributed by atoms with E-state index in [1.807, 2.05) is 41.2 Å². The number of Topliss-reactive ketones (excluding diaryl/α,β-unsaturated/α-hetero) is 1. The minimum Gasteiger partial charge on any atom is -0.497 e. The predicted octanol–water partition coefficient (Wildman–Crippen LogP) is 3.73. The van der Waals surface area contributed by atoms with Crippen LogP contribution in [0.25, 0.3) is 5.69 Å². The summed E-state index contributed by atoms with van der Waals surface area (Å²) in [4.78, 5) is 27.1. The number of hydrogen-bond donors (Lipinski definition) is 1. The number of carbonyl (C=O) groups excluding carboxylic acids is 2. The Morgan fingerprint density at radius 1 is 1.06 bits per heavy atom. The number of piperidine rings is 1. The first-order chi connectivity index (χ1) is 15.6. The van der Waals surface area contributed by atoms with Crippen molar-refractivity contribution in [1.29, 1.82) is 0 Å². The summed E-state index contributed by atoms with van der Waals surface area (Å²) in [5, 5.41) is 7.22. The summed E-state index contributed by atoms with van der Waals surface area (Å²) in [6.07, 6.45) is 5.79. The van der Waals surface area contributed by atoms with Gasteiger partial charge in [-0.2, -0.15) is 5.10 Å². The highest BCUT2D eigenvalue weighted by Gasteiger charge is 2.27. The molecule has 1 N–H and O–H groups in total. The predicted molar refractivity (Wildman–Crippen MR) is 122 cm³/mol. The number of likely N-dealkylation sites (tertiary alicyclic amines) is 1. The fourth-order valence-corrected chi connectivity index (χ4v) is 4.00. The third-order valence-electron chi connectivity index (χ3n) is 5.92. The van der Waals surface area contributed by atoms with E-state index in [9.17, 15) is 9.59 Å². The molecule has 0 unspecified atom stereocenters. The summed E-state index contributed by atoms with van der Waals surface area (Å²) < 4.78 is 6.96. The van der Waals surface area contributed by atoms with Gasteiger partial charge >= 0.3 is 6.03 Å². The Morgan fingerprint density at radius 3 is 2.41 bits per heavy atom. The topological polar surface area (TPSA) is 76.5 Å². The normalized spacial score (nSPS) is 14.2. The second kappa shape index (κ2) is 10.1. The highest BCUT2D eigenvalue weighted by molar-refractivity contribution is 5.98. The molecule has 1 aromatic heterocycles. The zero-order chi connectivity index (χ0) is 22.3. The smallest absolute Gasteiger partial charge is 0.317 e. The second-order valence-corrected chi connectivity index (χ2v) is 7.95. The summed E-state index contributed by atoms with van der Waals surface area (Å²) in [6.45, 7) is 1.76. The van der Waals surface area contributed by atoms with Crippen LogP contribution >= 0.6 is 0 Å². The van der Waals surface area contributed by atoms with Crippen molar-refractivity contribution in [3.8, 4) is 11.4 Å². The van der Waals surface area contributed by atoms with E-state index in [2.05, 4.69) is 22.5 Å². The van der Waals surface area contributed by atoms with Crippen LogP contribution in [0.5, 0.6) is 5.75 Å². The molecule has 0 radical (unpaired) electrons. The second-order valence-electron chi connectivity index (χ2n) is 7.95. The van der Waals surface area contributed by atoms with Crippen molar-refractivity contribution in [3.05, 3.63) is 78.1 Å². The summed E-state index contributed by atoms with van der Waals surface area (Å²) in [5.41, 5.74) is 2.87. The molecule has 2 aromatic carbocycles. The highest BCUT2D eigenvalue weighted by Crippen LogP contribution is 2.23. The first-order valence-corrected chi connectivity index (χ1v) is 10.9. The first-order valence-electron chi connectivity index (χ1n) is 10.9. The van der Waals surface area contributed by atoms with Crippen LogP contribution in [0.3, 0.4) is 0 Å². The van der Waals surface area contributed by atoms with Gasteiger partial charge in [-0.1, -0.05) is 12.1 Å². The third kappa shape index (κ3) is 5.17. The fraction of sp³-hybridized carbons (Fsp3) is 0.320. The lowest BCUT2D eigenvalue weighted by molar-refractivity contribution is 0.0854. The molecule has 0 spiro atoms. The number of ketones is 1. The van der Waals surface area contributed by atoms with E-state index in [-0.39, 0.29) is 17.7 Å². The number of nitrogens with one attached hydrogen (secondary N) is 1. The number of amides is 2. The molecular weight excluding hydrogens is 404 g/mol. The zero-order valence-corrected chi connectivity index (χ0v) is 18.2. The fourth-order valence-electron chi connectivity index (χ4n) is 4.00. The molecule has 0 atom stereocenters. The number of benzene rings is 2. The van der Waals surface area contributed by atoms with Crippen molar-refractivity contribution in [2.75, 3.05) is 26.7 Å². The van der Waals surface area contributed by atoms with Gasteiger partial charge in [0, 0.05) is 43.5 Å². The molecule has 1 fully saturated rings. The molecule has 1 aliphatic heterocycles. The van der Waals surface area contributed by atoms with Crippen molar-refractivity contribution in [2.24, 2.45) is 5.92 Å². The molecule has 0 bridgehead atoms. The minimum atomic E-state index is -0.0616. The van der Waals surface area contributed by atoms with Crippen LogP contribution in [-0.2, 0) is 6.42 Å². The SMILES string of the molecule is COc1ccc(C(=O)C2CCN(C(=O)NCCc3ccc(-n4cccn4)cc3)CC2)cc1. The number of urea groups is 1. The van der Waals surface area contributed by atoms with Crippen LogP contribution in [0, 0.1) is 5.92 Å². The maximum atomic E-state index is 12.7. The molecule has 0 aliphatic carbocycles. The minimum absolute atomic E-state index is 0.0410. The Labute approximate surface area is 188 Å². The standard InChI is InChI=1S/C25H28N4O3/c1-32-23-9-5-20(6-10-23)24(30)21-12-17-28(18-13-21)25(31)26-15-11-19-3-7-22(8-4-19)29-16-2-14-27-29/h2-10,14,16,21H,11-13,15,17-18H2,1H3,(H,26,31). The van der Waals surface area contributed by atoms with Crippen LogP contribution in [0.15, 0.2) is 67.0 Å². The zero-order valence-electron chi connectivity index (χ0n) is 18.2. The van der Waals surface area contributed by atoms with Gasteiger partial charge in [0.05, 0.1) is 12.8 Å². The van der Waals surface area contributed by atoms with Gasteiger partial charge in [-0.15, -0.1) is 0 Å². The molecule has 7 heteroatoms. The van der Waals surface area contributed by atoms with Crippen LogP contribution in [0.1, 0.15) is 28.8 Å². The summed E-state index contributed by atoms with van der Waals surface area (Å²) >= 11 is 0. The Kier molecular flexibility index (Phi) is 6.84. The number of nitrogens with zero attached hydrogens (tertiary/aromatic N) is 3. The van der Waals surface area contributed by atoms with Gasteiger partial charge in [0.1, 0.15) is 5.75 Å². The van der Waals surface area contributed by atoms with E-state index >= 15 is 0 Å². The maximum absolute atomic E-state index is 12.7. The molecular formula is C25H28N4O3. The lowest BCUT2D eigenvalue weighted by atomic mass is 9.89. The number of methoxy groups -OCH3 is 1. The molecule has 0 saturated carbocycles. The molecule has 4 rings (SSSR count). The summed E-state index contributed by atoms with van der Waals surface area (Å²) in [5.74, 6) is 0.842. The Hall–Kier alpha value is -3.61. The first kappa shape index (κ1) is 21.6. The third-order valence-corrected chi connectivity index (χ3v) is 5.92. The molecule has 166 valence electrons. The number of carbonyl (C=O) groups is 2. The van der Waals surface area contributed by atoms with E-state index in [4.69, 9.17) is 4.74 Å². The Balaban J connectivity index is 1.20. The van der Waals surface area contributed by atoms with Crippen LogP contribution < -0.4 is 10.1 Å². The highest BCUT2D eigenvalue weighted by atomic mass is 16.5. The Morgan fingerprint density at radius 2 is 1.78 bits per heavy atom. The van der Waals surface area contributed by atoms with Crippen LogP contribution in [-0.4, -0.2) is 53.2 Å². The van der Waals surface area contributed by atoms with Gasteiger partial charge < -0.3 is 15.0 Å². The number of aromatic nitrogens is 2. The maximum Gasteiger partial charge on any atom is 0.317 e. The van der Waals surface area contributed by atoms with E-state index in [1.54, 1.807) is 30.3 Å². The quantitative estimate of drug-likeness (QED) is 0.577. The van der Waals surface area contributed by atoms with Gasteiger partial charge in [0.15, 0.2) is 5.78 Å². The molecule has 2 heterocycles. The van der Waals surface area contributed by atoms with Gasteiger partial charge in [0.2, 0.25) is 0 Å². The van der Waals surface area contributed by atoms with Crippen molar-refractivity contribution in [3.63, 3.8) is 0 Å². The number of ether oxygens (including phenoxy) is 1. The molecule has 1 saturated heterocycles. The molecule has 7 nitrogen and oxygen atoms in total. The number of rotatable bonds is 7. The number of hydrogen-bond acceptors (Lipinski definition) is 4. The average molecular weight is 433 g/mol. The average Bonchev–Trinajstić information content (AvgIpc) is 3.39. The lowest BCUT2D eigenvalue weighted by Crippen LogP contribution is -2.45. The summed E-state index contributed by atoms with van der Waals surface area (Å²) in [6, 6.07) is 17.2. The monoisotopic (exact) mass is 432 g/mol. The Bertz CT molecular complexity index is 1020. The molecule has 2 amide bonds. The van der Waals surface area contributed by atoms with Crippen molar-refractivity contribution in [2.45, 2.75) is 19.3 Å².